The molecule has 0 unspecified atom stereocenters. The third-order valence-electron chi connectivity index (χ3n) is 3.34. The van der Waals surface area contributed by atoms with Gasteiger partial charge in [-0.15, -0.1) is 12.4 Å². The SMILES string of the molecule is CC(C)N1C(=O)CN[C@H](C(=O)O)[C@H]1c1ccccc1.Cl. The number of amides is 1. The van der Waals surface area contributed by atoms with Crippen LogP contribution in [0.3, 0.4) is 0 Å². The molecule has 2 N–H and O–H groups in total. The zero-order valence-corrected chi connectivity index (χ0v) is 12.3. The molecule has 0 bridgehead atoms. The number of carboxylic acid groups (broad SMARTS) is 1. The number of carbonyl (C=O) groups is 2. The monoisotopic (exact) mass is 298 g/mol. The molecule has 2 rings (SSSR count). The minimum Gasteiger partial charge on any atom is -0.480 e. The molecule has 0 aliphatic carbocycles. The lowest BCUT2D eigenvalue weighted by molar-refractivity contribution is -0.149. The van der Waals surface area contributed by atoms with Gasteiger partial charge < -0.3 is 10.0 Å². The molecule has 0 radical (unpaired) electrons. The van der Waals surface area contributed by atoms with Crippen molar-refractivity contribution in [3.8, 4) is 0 Å². The summed E-state index contributed by atoms with van der Waals surface area (Å²) in [5.41, 5.74) is 0.837. The van der Waals surface area contributed by atoms with Crippen LogP contribution in [0.15, 0.2) is 30.3 Å². The zero-order chi connectivity index (χ0) is 14.0. The Balaban J connectivity index is 0.00000200. The number of hydrogen-bond donors (Lipinski definition) is 2. The number of nitrogens with one attached hydrogen (secondary N) is 1. The molecule has 6 heteroatoms. The summed E-state index contributed by atoms with van der Waals surface area (Å²) in [6.45, 7) is 3.87. The van der Waals surface area contributed by atoms with Crippen molar-refractivity contribution in [2.45, 2.75) is 32.0 Å². The Morgan fingerprint density at radius 1 is 1.35 bits per heavy atom. The van der Waals surface area contributed by atoms with Crippen molar-refractivity contribution < 1.29 is 14.7 Å². The summed E-state index contributed by atoms with van der Waals surface area (Å²) in [6, 6.07) is 8.01. The van der Waals surface area contributed by atoms with Crippen molar-refractivity contribution >= 4 is 24.3 Å². The highest BCUT2D eigenvalue weighted by atomic mass is 35.5. The highest BCUT2D eigenvalue weighted by molar-refractivity contribution is 5.85. The van der Waals surface area contributed by atoms with E-state index in [1.807, 2.05) is 44.2 Å². The van der Waals surface area contributed by atoms with Gasteiger partial charge in [-0.1, -0.05) is 30.3 Å². The molecule has 110 valence electrons. The molecule has 1 fully saturated rings. The van der Waals surface area contributed by atoms with Crippen LogP contribution in [0, 0.1) is 0 Å². The van der Waals surface area contributed by atoms with Crippen molar-refractivity contribution in [1.29, 1.82) is 0 Å². The lowest BCUT2D eigenvalue weighted by atomic mass is 9.94. The largest absolute Gasteiger partial charge is 0.480 e. The lowest BCUT2D eigenvalue weighted by Crippen LogP contribution is -2.60. The van der Waals surface area contributed by atoms with E-state index in [2.05, 4.69) is 5.32 Å². The predicted octanol–water partition coefficient (Wildman–Crippen LogP) is 1.44. The van der Waals surface area contributed by atoms with Gasteiger partial charge in [0.2, 0.25) is 5.91 Å². The Labute approximate surface area is 124 Å². The standard InChI is InChI=1S/C14H18N2O3.ClH/c1-9(2)16-11(17)8-15-12(14(18)19)13(16)10-6-4-3-5-7-10;/h3-7,9,12-13,15H,8H2,1-2H3,(H,18,19);1H/t12-,13+;/m0./s1. The van der Waals surface area contributed by atoms with Gasteiger partial charge in [0.05, 0.1) is 12.6 Å². The van der Waals surface area contributed by atoms with Crippen molar-refractivity contribution in [2.75, 3.05) is 6.54 Å². The Morgan fingerprint density at radius 3 is 2.45 bits per heavy atom. The number of nitrogens with zero attached hydrogens (tertiary/aromatic N) is 1. The highest BCUT2D eigenvalue weighted by Gasteiger charge is 2.41. The van der Waals surface area contributed by atoms with Crippen molar-refractivity contribution in [3.63, 3.8) is 0 Å². The molecule has 5 nitrogen and oxygen atoms in total. The van der Waals surface area contributed by atoms with Gasteiger partial charge in [-0.05, 0) is 19.4 Å². The number of benzene rings is 1. The van der Waals surface area contributed by atoms with E-state index in [0.29, 0.717) is 0 Å². The van der Waals surface area contributed by atoms with Gasteiger partial charge in [0, 0.05) is 6.04 Å². The predicted molar refractivity (Wildman–Crippen MR) is 77.8 cm³/mol. The van der Waals surface area contributed by atoms with Crippen LogP contribution in [-0.2, 0) is 9.59 Å². The molecule has 0 spiro atoms. The second kappa shape index (κ2) is 6.72. The summed E-state index contributed by atoms with van der Waals surface area (Å²) in [6.07, 6.45) is 0. The molecular weight excluding hydrogens is 280 g/mol. The van der Waals surface area contributed by atoms with E-state index < -0.39 is 18.1 Å². The molecule has 1 aromatic carbocycles. The first-order valence-electron chi connectivity index (χ1n) is 6.34. The first-order valence-corrected chi connectivity index (χ1v) is 6.34. The van der Waals surface area contributed by atoms with E-state index in [9.17, 15) is 14.7 Å². The lowest BCUT2D eigenvalue weighted by Gasteiger charge is -2.42. The van der Waals surface area contributed by atoms with E-state index in [4.69, 9.17) is 0 Å². The van der Waals surface area contributed by atoms with Crippen molar-refractivity contribution in [3.05, 3.63) is 35.9 Å². The summed E-state index contributed by atoms with van der Waals surface area (Å²) in [7, 11) is 0. The molecular formula is C14H19ClN2O3. The number of carboxylic acids is 1. The first kappa shape index (κ1) is 16.5. The van der Waals surface area contributed by atoms with Crippen LogP contribution in [0.4, 0.5) is 0 Å². The van der Waals surface area contributed by atoms with Crippen LogP contribution < -0.4 is 5.32 Å². The molecule has 1 heterocycles. The average Bonchev–Trinajstić information content (AvgIpc) is 2.38. The number of aliphatic carboxylic acids is 1. The topological polar surface area (TPSA) is 69.6 Å². The van der Waals surface area contributed by atoms with Crippen molar-refractivity contribution in [1.82, 2.24) is 10.2 Å². The summed E-state index contributed by atoms with van der Waals surface area (Å²) < 4.78 is 0. The summed E-state index contributed by atoms with van der Waals surface area (Å²) >= 11 is 0. The van der Waals surface area contributed by atoms with E-state index in [-0.39, 0.29) is 30.9 Å². The van der Waals surface area contributed by atoms with Crippen LogP contribution in [-0.4, -0.2) is 40.5 Å². The number of piperazine rings is 1. The molecule has 1 saturated heterocycles. The molecule has 0 saturated carbocycles. The Bertz CT molecular complexity index is 479. The Hall–Kier alpha value is -1.59. The molecule has 2 atom stereocenters. The van der Waals surface area contributed by atoms with Crippen LogP contribution in [0.25, 0.3) is 0 Å². The maximum Gasteiger partial charge on any atom is 0.323 e. The molecule has 1 aromatic rings. The molecule has 1 aliphatic heterocycles. The number of carbonyl (C=O) groups excluding carboxylic acids is 1. The Morgan fingerprint density at radius 2 is 1.95 bits per heavy atom. The molecule has 0 aromatic heterocycles. The maximum atomic E-state index is 12.1. The fourth-order valence-electron chi connectivity index (χ4n) is 2.55. The number of halogens is 1. The molecule has 1 amide bonds. The average molecular weight is 299 g/mol. The van der Waals surface area contributed by atoms with Crippen molar-refractivity contribution in [2.24, 2.45) is 0 Å². The Kier molecular flexibility index (Phi) is 5.53. The van der Waals surface area contributed by atoms with Gasteiger partial charge in [0.25, 0.3) is 0 Å². The fraction of sp³-hybridized carbons (Fsp3) is 0.429. The third kappa shape index (κ3) is 3.11. The van der Waals surface area contributed by atoms with Crippen LogP contribution in [0.5, 0.6) is 0 Å². The molecule has 1 aliphatic rings. The number of rotatable bonds is 3. The maximum absolute atomic E-state index is 12.1. The second-order valence-electron chi connectivity index (χ2n) is 4.95. The van der Waals surface area contributed by atoms with Crippen LogP contribution in [0.1, 0.15) is 25.5 Å². The fourth-order valence-corrected chi connectivity index (χ4v) is 2.55. The normalized spacial score (nSPS) is 22.6. The quantitative estimate of drug-likeness (QED) is 0.886. The van der Waals surface area contributed by atoms with Gasteiger partial charge in [-0.25, -0.2) is 0 Å². The summed E-state index contributed by atoms with van der Waals surface area (Å²) in [5, 5.41) is 12.2. The number of hydrogen-bond acceptors (Lipinski definition) is 3. The van der Waals surface area contributed by atoms with E-state index in [0.717, 1.165) is 5.56 Å². The van der Waals surface area contributed by atoms with E-state index >= 15 is 0 Å². The van der Waals surface area contributed by atoms with Gasteiger partial charge in [0.1, 0.15) is 6.04 Å². The van der Waals surface area contributed by atoms with Gasteiger partial charge >= 0.3 is 5.97 Å². The van der Waals surface area contributed by atoms with Gasteiger partial charge in [-0.2, -0.15) is 0 Å². The second-order valence-corrected chi connectivity index (χ2v) is 4.95. The summed E-state index contributed by atoms with van der Waals surface area (Å²) in [5.74, 6) is -1.01. The first-order chi connectivity index (χ1) is 9.02. The summed E-state index contributed by atoms with van der Waals surface area (Å²) in [4.78, 5) is 25.1. The smallest absolute Gasteiger partial charge is 0.323 e. The highest BCUT2D eigenvalue weighted by Crippen LogP contribution is 2.29. The minimum atomic E-state index is -0.938. The molecule has 20 heavy (non-hydrogen) atoms. The minimum absolute atomic E-state index is 0. The van der Waals surface area contributed by atoms with Crippen LogP contribution in [0.2, 0.25) is 0 Å². The zero-order valence-electron chi connectivity index (χ0n) is 11.4. The van der Waals surface area contributed by atoms with Gasteiger partial charge in [0.15, 0.2) is 0 Å². The van der Waals surface area contributed by atoms with Crippen LogP contribution >= 0.6 is 12.4 Å². The van der Waals surface area contributed by atoms with Gasteiger partial charge in [-0.3, -0.25) is 14.9 Å². The van der Waals surface area contributed by atoms with E-state index in [1.54, 1.807) is 4.90 Å². The third-order valence-corrected chi connectivity index (χ3v) is 3.34. The van der Waals surface area contributed by atoms with E-state index in [1.165, 1.54) is 0 Å².